The fraction of sp³-hybridized carbons (Fsp3) is 0.278. The molecule has 2 aromatic heterocycles. The van der Waals surface area contributed by atoms with Gasteiger partial charge in [0.05, 0.1) is 12.4 Å². The van der Waals surface area contributed by atoms with Crippen molar-refractivity contribution in [2.24, 2.45) is 0 Å². The van der Waals surface area contributed by atoms with Crippen LogP contribution in [0.1, 0.15) is 19.7 Å². The van der Waals surface area contributed by atoms with Gasteiger partial charge < -0.3 is 4.74 Å². The highest BCUT2D eigenvalue weighted by atomic mass is 32.2. The number of hydrogen-bond acceptors (Lipinski definition) is 8. The fourth-order valence-corrected chi connectivity index (χ4v) is 3.88. The van der Waals surface area contributed by atoms with Crippen LogP contribution in [0.5, 0.6) is 0 Å². The number of carbonyl (C=O) groups is 1. The Morgan fingerprint density at radius 3 is 2.61 bits per heavy atom. The number of esters is 1. The van der Waals surface area contributed by atoms with E-state index in [1.54, 1.807) is 49.0 Å². The normalized spacial score (nSPS) is 12.0. The lowest BCUT2D eigenvalue weighted by atomic mass is 10.3. The zero-order chi connectivity index (χ0) is 19.9. The first-order valence-corrected chi connectivity index (χ1v) is 10.4. The van der Waals surface area contributed by atoms with Gasteiger partial charge in [-0.05, 0) is 44.2 Å². The van der Waals surface area contributed by atoms with Crippen molar-refractivity contribution in [1.29, 1.82) is 0 Å². The van der Waals surface area contributed by atoms with Gasteiger partial charge in [0.15, 0.2) is 10.3 Å². The fourth-order valence-electron chi connectivity index (χ4n) is 2.27. The second-order valence-corrected chi connectivity index (χ2v) is 7.79. The summed E-state index contributed by atoms with van der Waals surface area (Å²) >= 11 is 2.65. The van der Waals surface area contributed by atoms with Gasteiger partial charge in [0.1, 0.15) is 16.9 Å². The number of benzene rings is 1. The van der Waals surface area contributed by atoms with Crippen molar-refractivity contribution in [3.05, 3.63) is 54.4 Å². The van der Waals surface area contributed by atoms with Gasteiger partial charge in [-0.2, -0.15) is 0 Å². The summed E-state index contributed by atoms with van der Waals surface area (Å²) in [6, 6.07) is 7.78. The molecule has 0 unspecified atom stereocenters. The lowest BCUT2D eigenvalue weighted by Crippen LogP contribution is -2.17. The van der Waals surface area contributed by atoms with Crippen LogP contribution in [0.4, 0.5) is 4.39 Å². The zero-order valence-electron chi connectivity index (χ0n) is 15.3. The average molecular weight is 420 g/mol. The largest absolute Gasteiger partial charge is 0.465 e. The van der Waals surface area contributed by atoms with Gasteiger partial charge in [0.2, 0.25) is 0 Å². The number of ether oxygens (including phenoxy) is 1. The van der Waals surface area contributed by atoms with Crippen molar-refractivity contribution in [3.8, 4) is 5.69 Å². The molecule has 0 saturated heterocycles. The first-order valence-electron chi connectivity index (χ1n) is 8.51. The van der Waals surface area contributed by atoms with Gasteiger partial charge in [-0.1, -0.05) is 23.5 Å². The second-order valence-electron chi connectivity index (χ2n) is 5.54. The van der Waals surface area contributed by atoms with Gasteiger partial charge >= 0.3 is 5.97 Å². The van der Waals surface area contributed by atoms with E-state index in [1.165, 1.54) is 35.7 Å². The smallest absolute Gasteiger partial charge is 0.319 e. The van der Waals surface area contributed by atoms with E-state index in [4.69, 9.17) is 4.74 Å². The lowest BCUT2D eigenvalue weighted by Gasteiger charge is -2.13. The van der Waals surface area contributed by atoms with Crippen LogP contribution in [-0.4, -0.2) is 42.6 Å². The second kappa shape index (κ2) is 9.65. The Balaban J connectivity index is 1.88. The number of carbonyl (C=O) groups excluding carboxylic acids is 1. The van der Waals surface area contributed by atoms with Crippen LogP contribution < -0.4 is 0 Å². The topological polar surface area (TPSA) is 82.8 Å². The van der Waals surface area contributed by atoms with E-state index < -0.39 is 5.25 Å². The number of halogens is 1. The third-order valence-corrected chi connectivity index (χ3v) is 5.45. The third-order valence-electron chi connectivity index (χ3n) is 3.56. The highest BCUT2D eigenvalue weighted by Gasteiger charge is 2.22. The minimum absolute atomic E-state index is 0.313. The van der Waals surface area contributed by atoms with Crippen LogP contribution in [0.15, 0.2) is 53.0 Å². The molecule has 0 aliphatic rings. The maximum Gasteiger partial charge on any atom is 0.319 e. The molecule has 0 N–H and O–H groups in total. The molecule has 0 radical (unpaired) electrons. The molecule has 0 fully saturated rings. The van der Waals surface area contributed by atoms with E-state index >= 15 is 0 Å². The number of thioether (sulfide) groups is 2. The number of hydrogen-bond donors (Lipinski definition) is 0. The van der Waals surface area contributed by atoms with Crippen molar-refractivity contribution in [2.45, 2.75) is 35.2 Å². The SMILES string of the molecule is CCOC(=O)[C@H](C)Sc1nnc(CSc2ncccn2)n1-c1ccc(F)cc1. The van der Waals surface area contributed by atoms with Crippen LogP contribution in [0.25, 0.3) is 5.69 Å². The molecule has 0 spiro atoms. The quantitative estimate of drug-likeness (QED) is 0.312. The molecule has 7 nitrogen and oxygen atoms in total. The Morgan fingerprint density at radius 2 is 1.93 bits per heavy atom. The summed E-state index contributed by atoms with van der Waals surface area (Å²) in [6.07, 6.45) is 3.34. The van der Waals surface area contributed by atoms with Gasteiger partial charge in [-0.25, -0.2) is 14.4 Å². The maximum absolute atomic E-state index is 13.4. The molecule has 146 valence electrons. The first kappa shape index (κ1) is 20.3. The Bertz CT molecular complexity index is 921. The van der Waals surface area contributed by atoms with Crippen LogP contribution in [0, 0.1) is 5.82 Å². The zero-order valence-corrected chi connectivity index (χ0v) is 16.9. The van der Waals surface area contributed by atoms with Crippen molar-refractivity contribution < 1.29 is 13.9 Å². The van der Waals surface area contributed by atoms with Crippen molar-refractivity contribution in [3.63, 3.8) is 0 Å². The molecule has 0 saturated carbocycles. The molecule has 2 heterocycles. The molecule has 1 aromatic carbocycles. The highest BCUT2D eigenvalue weighted by Crippen LogP contribution is 2.28. The van der Waals surface area contributed by atoms with E-state index in [1.807, 2.05) is 0 Å². The highest BCUT2D eigenvalue weighted by molar-refractivity contribution is 8.00. The summed E-state index contributed by atoms with van der Waals surface area (Å²) in [6.45, 7) is 3.82. The summed E-state index contributed by atoms with van der Waals surface area (Å²) in [5.41, 5.74) is 0.703. The Hall–Kier alpha value is -2.46. The van der Waals surface area contributed by atoms with Gasteiger partial charge in [-0.15, -0.1) is 10.2 Å². The Labute approximate surface area is 170 Å². The lowest BCUT2D eigenvalue weighted by molar-refractivity contribution is -0.142. The molecule has 0 aliphatic heterocycles. The predicted molar refractivity (Wildman–Crippen MR) is 105 cm³/mol. The van der Waals surface area contributed by atoms with E-state index in [2.05, 4.69) is 20.2 Å². The minimum atomic E-state index is -0.457. The summed E-state index contributed by atoms with van der Waals surface area (Å²) in [7, 11) is 0. The number of aromatic nitrogens is 5. The van der Waals surface area contributed by atoms with Crippen LogP contribution in [0.2, 0.25) is 0 Å². The Kier molecular flexibility index (Phi) is 6.99. The third kappa shape index (κ3) is 5.08. The van der Waals surface area contributed by atoms with Crippen LogP contribution >= 0.6 is 23.5 Å². The van der Waals surface area contributed by atoms with Crippen molar-refractivity contribution in [1.82, 2.24) is 24.7 Å². The maximum atomic E-state index is 13.4. The monoisotopic (exact) mass is 419 g/mol. The van der Waals surface area contributed by atoms with Gasteiger partial charge in [-0.3, -0.25) is 9.36 Å². The van der Waals surface area contributed by atoms with E-state index in [9.17, 15) is 9.18 Å². The standard InChI is InChI=1S/C18H18FN5O2S2/c1-3-26-16(25)12(2)28-18-23-22-15(11-27-17-20-9-4-10-21-17)24(18)14-7-5-13(19)6-8-14/h4-10,12H,3,11H2,1-2H3/t12-/m0/s1. The summed E-state index contributed by atoms with van der Waals surface area (Å²) in [5.74, 6) is 0.444. The predicted octanol–water partition coefficient (Wildman–Crippen LogP) is 3.53. The summed E-state index contributed by atoms with van der Waals surface area (Å²) in [5, 5.41) is 9.17. The average Bonchev–Trinajstić information content (AvgIpc) is 3.10. The van der Waals surface area contributed by atoms with Gasteiger partial charge in [0.25, 0.3) is 0 Å². The van der Waals surface area contributed by atoms with Crippen molar-refractivity contribution >= 4 is 29.5 Å². The molecule has 0 bridgehead atoms. The minimum Gasteiger partial charge on any atom is -0.465 e. The van der Waals surface area contributed by atoms with Crippen LogP contribution in [0.3, 0.4) is 0 Å². The number of rotatable bonds is 8. The molecule has 3 rings (SSSR count). The van der Waals surface area contributed by atoms with Gasteiger partial charge in [0, 0.05) is 18.1 Å². The molecule has 28 heavy (non-hydrogen) atoms. The molecular weight excluding hydrogens is 401 g/mol. The molecule has 0 aliphatic carbocycles. The number of nitrogens with zero attached hydrogens (tertiary/aromatic N) is 5. The molecule has 10 heteroatoms. The first-order chi connectivity index (χ1) is 13.6. The summed E-state index contributed by atoms with van der Waals surface area (Å²) in [4.78, 5) is 20.4. The van der Waals surface area contributed by atoms with Crippen LogP contribution in [-0.2, 0) is 15.3 Å². The Morgan fingerprint density at radius 1 is 1.21 bits per heavy atom. The molecule has 1 atom stereocenters. The van der Waals surface area contributed by atoms with Crippen molar-refractivity contribution in [2.75, 3.05) is 6.61 Å². The summed E-state index contributed by atoms with van der Waals surface area (Å²) < 4.78 is 20.2. The van der Waals surface area contributed by atoms with E-state index in [0.717, 1.165) is 0 Å². The molecular formula is C18H18FN5O2S2. The molecule has 0 amide bonds. The molecule has 3 aromatic rings. The van der Waals surface area contributed by atoms with E-state index in [-0.39, 0.29) is 11.8 Å². The van der Waals surface area contributed by atoms with E-state index in [0.29, 0.717) is 34.2 Å².